The Labute approximate surface area is 114 Å². The molecule has 0 aromatic heterocycles. The van der Waals surface area contributed by atoms with Crippen LogP contribution in [0.2, 0.25) is 0 Å². The molecule has 1 aliphatic carbocycles. The van der Waals surface area contributed by atoms with Crippen LogP contribution in [0.3, 0.4) is 0 Å². The molecule has 1 atom stereocenters. The van der Waals surface area contributed by atoms with E-state index in [4.69, 9.17) is 0 Å². The second-order valence-electron chi connectivity index (χ2n) is 5.74. The van der Waals surface area contributed by atoms with Crippen LogP contribution < -0.4 is 0 Å². The van der Waals surface area contributed by atoms with E-state index >= 15 is 0 Å². The molecule has 19 heavy (non-hydrogen) atoms. The van der Waals surface area contributed by atoms with Crippen molar-refractivity contribution in [2.75, 3.05) is 6.54 Å². The van der Waals surface area contributed by atoms with Gasteiger partial charge in [-0.1, -0.05) is 48.5 Å². The summed E-state index contributed by atoms with van der Waals surface area (Å²) in [6.07, 6.45) is 3.75. The Bertz CT molecular complexity index is 602. The molecule has 0 spiro atoms. The molecule has 2 aromatic rings. The van der Waals surface area contributed by atoms with Crippen LogP contribution in [-0.2, 0) is 19.4 Å². The Morgan fingerprint density at radius 3 is 2.42 bits per heavy atom. The highest BCUT2D eigenvalue weighted by Gasteiger charge is 2.29. The predicted molar refractivity (Wildman–Crippen MR) is 78.1 cm³/mol. The number of benzene rings is 2. The average Bonchev–Trinajstić information content (AvgIpc) is 2.91. The largest absolute Gasteiger partial charge is 0.292 e. The fourth-order valence-electron chi connectivity index (χ4n) is 3.70. The molecule has 1 heteroatoms. The minimum absolute atomic E-state index is 0.643. The molecular weight excluding hydrogens is 230 g/mol. The summed E-state index contributed by atoms with van der Waals surface area (Å²) in [5.74, 6) is 0. The third-order valence-corrected chi connectivity index (χ3v) is 4.70. The van der Waals surface area contributed by atoms with Gasteiger partial charge in [0.05, 0.1) is 0 Å². The summed E-state index contributed by atoms with van der Waals surface area (Å²) in [7, 11) is 0. The molecule has 1 heterocycles. The Balaban J connectivity index is 1.63. The van der Waals surface area contributed by atoms with Crippen molar-refractivity contribution in [2.45, 2.75) is 31.8 Å². The third-order valence-electron chi connectivity index (χ3n) is 4.70. The molecule has 4 rings (SSSR count). The van der Waals surface area contributed by atoms with Gasteiger partial charge in [-0.3, -0.25) is 4.90 Å². The van der Waals surface area contributed by atoms with Gasteiger partial charge in [-0.05, 0) is 41.5 Å². The highest BCUT2D eigenvalue weighted by Crippen LogP contribution is 2.37. The molecule has 96 valence electrons. The Morgan fingerprint density at radius 1 is 0.789 bits per heavy atom. The summed E-state index contributed by atoms with van der Waals surface area (Å²) in [6.45, 7) is 2.32. The first-order valence-corrected chi connectivity index (χ1v) is 7.30. The topological polar surface area (TPSA) is 3.24 Å². The van der Waals surface area contributed by atoms with Crippen LogP contribution >= 0.6 is 0 Å². The lowest BCUT2D eigenvalue weighted by Gasteiger charge is -2.34. The van der Waals surface area contributed by atoms with Crippen molar-refractivity contribution in [3.05, 3.63) is 70.8 Å². The summed E-state index contributed by atoms with van der Waals surface area (Å²) in [5.41, 5.74) is 6.21. The maximum Gasteiger partial charge on any atom is 0.0357 e. The minimum Gasteiger partial charge on any atom is -0.292 e. The van der Waals surface area contributed by atoms with Crippen LogP contribution in [0.1, 0.15) is 34.7 Å². The lowest BCUT2D eigenvalue weighted by molar-refractivity contribution is 0.179. The number of rotatable bonds is 1. The lowest BCUT2D eigenvalue weighted by Crippen LogP contribution is -2.33. The van der Waals surface area contributed by atoms with Crippen molar-refractivity contribution in [1.82, 2.24) is 4.90 Å². The summed E-state index contributed by atoms with van der Waals surface area (Å²) >= 11 is 0. The molecule has 1 nitrogen and oxygen atoms in total. The molecule has 2 aromatic carbocycles. The zero-order chi connectivity index (χ0) is 12.7. The SMILES string of the molecule is c1ccc2c(c1)CCN([C@@H]1CCc3ccccc31)C2. The zero-order valence-corrected chi connectivity index (χ0v) is 11.2. The van der Waals surface area contributed by atoms with Crippen molar-refractivity contribution in [1.29, 1.82) is 0 Å². The Kier molecular flexibility index (Phi) is 2.66. The fraction of sp³-hybridized carbons (Fsp3) is 0.333. The van der Waals surface area contributed by atoms with Crippen LogP contribution in [0.15, 0.2) is 48.5 Å². The second kappa shape index (κ2) is 4.50. The molecule has 0 saturated heterocycles. The normalized spacial score (nSPS) is 22.0. The van der Waals surface area contributed by atoms with E-state index in [1.165, 1.54) is 31.4 Å². The molecule has 0 amide bonds. The summed E-state index contributed by atoms with van der Waals surface area (Å²) < 4.78 is 0. The van der Waals surface area contributed by atoms with E-state index in [0.29, 0.717) is 6.04 Å². The Hall–Kier alpha value is -1.60. The van der Waals surface area contributed by atoms with Gasteiger partial charge in [0.1, 0.15) is 0 Å². The number of nitrogens with zero attached hydrogens (tertiary/aromatic N) is 1. The second-order valence-corrected chi connectivity index (χ2v) is 5.74. The van der Waals surface area contributed by atoms with Gasteiger partial charge in [0.25, 0.3) is 0 Å². The van der Waals surface area contributed by atoms with Gasteiger partial charge >= 0.3 is 0 Å². The van der Waals surface area contributed by atoms with Crippen molar-refractivity contribution in [3.8, 4) is 0 Å². The standard InChI is InChI=1S/C18H19N/c1-2-7-16-13-19(12-11-14(16)5-1)18-10-9-15-6-3-4-8-17(15)18/h1-8,18H,9-13H2/t18-/m1/s1. The first kappa shape index (κ1) is 11.2. The summed E-state index contributed by atoms with van der Waals surface area (Å²) in [6, 6.07) is 18.6. The predicted octanol–water partition coefficient (Wildman–Crippen LogP) is 3.73. The average molecular weight is 249 g/mol. The van der Waals surface area contributed by atoms with Crippen LogP contribution in [-0.4, -0.2) is 11.4 Å². The van der Waals surface area contributed by atoms with Gasteiger partial charge in [-0.15, -0.1) is 0 Å². The number of hydrogen-bond acceptors (Lipinski definition) is 1. The van der Waals surface area contributed by atoms with E-state index in [1.807, 2.05) is 0 Å². The van der Waals surface area contributed by atoms with Crippen molar-refractivity contribution in [2.24, 2.45) is 0 Å². The summed E-state index contributed by atoms with van der Waals surface area (Å²) in [5, 5.41) is 0. The highest BCUT2D eigenvalue weighted by atomic mass is 15.2. The van der Waals surface area contributed by atoms with Gasteiger partial charge in [0.2, 0.25) is 0 Å². The third kappa shape index (κ3) is 1.89. The van der Waals surface area contributed by atoms with Crippen molar-refractivity contribution in [3.63, 3.8) is 0 Å². The van der Waals surface area contributed by atoms with Gasteiger partial charge in [0, 0.05) is 19.1 Å². The van der Waals surface area contributed by atoms with Gasteiger partial charge in [-0.2, -0.15) is 0 Å². The maximum absolute atomic E-state index is 2.67. The molecule has 0 bridgehead atoms. The smallest absolute Gasteiger partial charge is 0.0357 e. The number of aryl methyl sites for hydroxylation is 1. The molecule has 0 fully saturated rings. The maximum atomic E-state index is 2.67. The first-order valence-electron chi connectivity index (χ1n) is 7.30. The van der Waals surface area contributed by atoms with Crippen molar-refractivity contribution >= 4 is 0 Å². The van der Waals surface area contributed by atoms with Crippen LogP contribution in [0.5, 0.6) is 0 Å². The first-order chi connectivity index (χ1) is 9.42. The number of fused-ring (bicyclic) bond motifs is 2. The van der Waals surface area contributed by atoms with E-state index in [1.54, 1.807) is 16.7 Å². The molecule has 1 aliphatic heterocycles. The molecule has 0 unspecified atom stereocenters. The molecule has 0 N–H and O–H groups in total. The van der Waals surface area contributed by atoms with E-state index < -0.39 is 0 Å². The molecule has 0 radical (unpaired) electrons. The van der Waals surface area contributed by atoms with Gasteiger partial charge in [-0.25, -0.2) is 0 Å². The van der Waals surface area contributed by atoms with Crippen molar-refractivity contribution < 1.29 is 0 Å². The van der Waals surface area contributed by atoms with E-state index in [2.05, 4.69) is 53.4 Å². The molecule has 2 aliphatic rings. The van der Waals surface area contributed by atoms with Crippen LogP contribution in [0.25, 0.3) is 0 Å². The molecular formula is C18H19N. The highest BCUT2D eigenvalue weighted by molar-refractivity contribution is 5.36. The fourth-order valence-corrected chi connectivity index (χ4v) is 3.70. The quantitative estimate of drug-likeness (QED) is 0.744. The zero-order valence-electron chi connectivity index (χ0n) is 11.2. The van der Waals surface area contributed by atoms with E-state index in [9.17, 15) is 0 Å². The molecule has 0 saturated carbocycles. The van der Waals surface area contributed by atoms with Gasteiger partial charge < -0.3 is 0 Å². The van der Waals surface area contributed by atoms with Gasteiger partial charge in [0.15, 0.2) is 0 Å². The monoisotopic (exact) mass is 249 g/mol. The lowest BCUT2D eigenvalue weighted by atomic mass is 9.97. The van der Waals surface area contributed by atoms with Crippen LogP contribution in [0, 0.1) is 0 Å². The number of hydrogen-bond donors (Lipinski definition) is 0. The van der Waals surface area contributed by atoms with Crippen LogP contribution in [0.4, 0.5) is 0 Å². The summed E-state index contributed by atoms with van der Waals surface area (Å²) in [4.78, 5) is 2.67. The van der Waals surface area contributed by atoms with E-state index in [0.717, 1.165) is 6.54 Å². The van der Waals surface area contributed by atoms with E-state index in [-0.39, 0.29) is 0 Å². The Morgan fingerprint density at radius 2 is 1.53 bits per heavy atom. The minimum atomic E-state index is 0.643.